The highest BCUT2D eigenvalue weighted by molar-refractivity contribution is 5.85. The zero-order valence-corrected chi connectivity index (χ0v) is 14.2. The van der Waals surface area contributed by atoms with Crippen molar-refractivity contribution in [2.24, 2.45) is 5.73 Å². The minimum absolute atomic E-state index is 0.00839. The summed E-state index contributed by atoms with van der Waals surface area (Å²) < 4.78 is 5.58. The van der Waals surface area contributed by atoms with Gasteiger partial charge in [-0.2, -0.15) is 0 Å². The monoisotopic (exact) mass is 299 g/mol. The largest absolute Gasteiger partial charge is 0.377 e. The van der Waals surface area contributed by atoms with Crippen LogP contribution in [-0.2, 0) is 9.53 Å². The van der Waals surface area contributed by atoms with Crippen LogP contribution in [0, 0.1) is 0 Å². The van der Waals surface area contributed by atoms with Crippen LogP contribution in [0.15, 0.2) is 0 Å². The summed E-state index contributed by atoms with van der Waals surface area (Å²) in [6.45, 7) is 11.8. The molecule has 21 heavy (non-hydrogen) atoms. The fraction of sp³-hybridized carbons (Fsp3) is 0.938. The van der Waals surface area contributed by atoms with Crippen LogP contribution in [0.2, 0.25) is 0 Å². The third kappa shape index (κ3) is 6.76. The molecule has 1 aliphatic rings. The van der Waals surface area contributed by atoms with E-state index in [9.17, 15) is 4.79 Å². The number of rotatable bonds is 8. The Morgan fingerprint density at radius 1 is 1.43 bits per heavy atom. The Morgan fingerprint density at radius 3 is 2.57 bits per heavy atom. The van der Waals surface area contributed by atoms with Gasteiger partial charge in [-0.1, -0.05) is 13.3 Å². The number of likely N-dealkylation sites (tertiary alicyclic amines) is 1. The second-order valence-corrected chi connectivity index (χ2v) is 6.68. The lowest BCUT2D eigenvalue weighted by Crippen LogP contribution is -2.56. The number of ether oxygens (including phenoxy) is 1. The van der Waals surface area contributed by atoms with E-state index in [1.165, 1.54) is 0 Å². The summed E-state index contributed by atoms with van der Waals surface area (Å²) in [5.41, 5.74) is 5.33. The maximum atomic E-state index is 12.2. The molecule has 1 heterocycles. The highest BCUT2D eigenvalue weighted by Crippen LogP contribution is 2.13. The third-order valence-electron chi connectivity index (χ3n) is 4.07. The van der Waals surface area contributed by atoms with Gasteiger partial charge in [0, 0.05) is 25.7 Å². The molecular formula is C16H33N3O2. The van der Waals surface area contributed by atoms with Gasteiger partial charge in [-0.3, -0.25) is 4.79 Å². The minimum Gasteiger partial charge on any atom is -0.377 e. The van der Waals surface area contributed by atoms with Crippen molar-refractivity contribution in [3.8, 4) is 0 Å². The molecule has 0 aromatic heterocycles. The highest BCUT2D eigenvalue weighted by atomic mass is 16.5. The Labute approximate surface area is 129 Å². The summed E-state index contributed by atoms with van der Waals surface area (Å²) in [4.78, 5) is 14.6. The molecule has 0 saturated carbocycles. The lowest BCUT2D eigenvalue weighted by atomic mass is 9.95. The van der Waals surface area contributed by atoms with E-state index in [0.29, 0.717) is 6.10 Å². The molecule has 1 unspecified atom stereocenters. The van der Waals surface area contributed by atoms with E-state index < -0.39 is 5.54 Å². The number of carbonyl (C=O) groups is 1. The van der Waals surface area contributed by atoms with E-state index >= 15 is 0 Å². The summed E-state index contributed by atoms with van der Waals surface area (Å²) in [6, 6.07) is 0.263. The molecule has 5 nitrogen and oxygen atoms in total. The molecule has 1 rings (SSSR count). The zero-order chi connectivity index (χ0) is 15.9. The molecule has 1 aliphatic heterocycles. The predicted molar refractivity (Wildman–Crippen MR) is 86.2 cm³/mol. The van der Waals surface area contributed by atoms with E-state index in [1.807, 2.05) is 6.92 Å². The quantitative estimate of drug-likeness (QED) is 0.713. The minimum atomic E-state index is -0.739. The Morgan fingerprint density at radius 2 is 2.05 bits per heavy atom. The summed E-state index contributed by atoms with van der Waals surface area (Å²) in [5, 5.41) is 3.12. The Balaban J connectivity index is 2.25. The van der Waals surface area contributed by atoms with Crippen molar-refractivity contribution in [2.45, 2.75) is 71.1 Å². The number of piperidine rings is 1. The zero-order valence-electron chi connectivity index (χ0n) is 14.2. The third-order valence-corrected chi connectivity index (χ3v) is 4.07. The maximum Gasteiger partial charge on any atom is 0.240 e. The summed E-state index contributed by atoms with van der Waals surface area (Å²) >= 11 is 0. The van der Waals surface area contributed by atoms with Gasteiger partial charge in [-0.15, -0.1) is 0 Å². The van der Waals surface area contributed by atoms with Crippen molar-refractivity contribution in [1.82, 2.24) is 10.2 Å². The fourth-order valence-corrected chi connectivity index (χ4v) is 2.70. The summed E-state index contributed by atoms with van der Waals surface area (Å²) in [7, 11) is 0. The van der Waals surface area contributed by atoms with E-state index in [4.69, 9.17) is 10.5 Å². The molecule has 0 aromatic rings. The fourth-order valence-electron chi connectivity index (χ4n) is 2.70. The van der Waals surface area contributed by atoms with E-state index in [1.54, 1.807) is 0 Å². The molecule has 1 saturated heterocycles. The van der Waals surface area contributed by atoms with Crippen molar-refractivity contribution in [3.05, 3.63) is 0 Å². The topological polar surface area (TPSA) is 67.6 Å². The van der Waals surface area contributed by atoms with Crippen molar-refractivity contribution < 1.29 is 9.53 Å². The van der Waals surface area contributed by atoms with E-state index in [2.05, 4.69) is 31.0 Å². The molecule has 0 bridgehead atoms. The lowest BCUT2D eigenvalue weighted by Gasteiger charge is -2.34. The Hall–Kier alpha value is -0.650. The van der Waals surface area contributed by atoms with Gasteiger partial charge < -0.3 is 20.7 Å². The molecule has 1 amide bonds. The molecule has 0 radical (unpaired) electrons. The normalized spacial score (nSPS) is 20.5. The molecule has 0 aliphatic carbocycles. The predicted octanol–water partition coefficient (Wildman–Crippen LogP) is 1.51. The van der Waals surface area contributed by atoms with E-state index in [0.717, 1.165) is 51.9 Å². The number of carbonyl (C=O) groups excluding carboxylic acids is 1. The van der Waals surface area contributed by atoms with Crippen molar-refractivity contribution in [1.29, 1.82) is 0 Å². The first-order chi connectivity index (χ1) is 9.85. The molecule has 5 heteroatoms. The number of nitrogens with zero attached hydrogens (tertiary/aromatic N) is 1. The average Bonchev–Trinajstić information content (AvgIpc) is 2.40. The van der Waals surface area contributed by atoms with Gasteiger partial charge in [0.25, 0.3) is 0 Å². The standard InChI is InChI=1S/C16H33N3O2/c1-5-8-16(4,17)15(20)18-14-6-9-19(10-7-14)11-12-21-13(2)3/h13-14H,5-12,17H2,1-4H3,(H,18,20). The second kappa shape index (κ2) is 8.71. The van der Waals surface area contributed by atoms with Gasteiger partial charge in [0.2, 0.25) is 5.91 Å². The average molecular weight is 299 g/mol. The van der Waals surface area contributed by atoms with Crippen LogP contribution in [0.3, 0.4) is 0 Å². The molecule has 124 valence electrons. The molecule has 1 fully saturated rings. The molecule has 0 aromatic carbocycles. The van der Waals surface area contributed by atoms with Gasteiger partial charge in [-0.25, -0.2) is 0 Å². The molecular weight excluding hydrogens is 266 g/mol. The van der Waals surface area contributed by atoms with Crippen LogP contribution >= 0.6 is 0 Å². The van der Waals surface area contributed by atoms with Gasteiger partial charge in [0.05, 0.1) is 18.2 Å². The first-order valence-corrected chi connectivity index (χ1v) is 8.29. The van der Waals surface area contributed by atoms with E-state index in [-0.39, 0.29) is 11.9 Å². The summed E-state index contributed by atoms with van der Waals surface area (Å²) in [5.74, 6) is -0.00839. The Kier molecular flexibility index (Phi) is 7.63. The SMILES string of the molecule is CCCC(C)(N)C(=O)NC1CCN(CCOC(C)C)CC1. The van der Waals surface area contributed by atoms with Crippen LogP contribution in [-0.4, -0.2) is 54.7 Å². The van der Waals surface area contributed by atoms with Crippen LogP contribution < -0.4 is 11.1 Å². The number of hydrogen-bond acceptors (Lipinski definition) is 4. The highest BCUT2D eigenvalue weighted by Gasteiger charge is 2.30. The van der Waals surface area contributed by atoms with Crippen LogP contribution in [0.1, 0.15) is 53.4 Å². The van der Waals surface area contributed by atoms with Crippen molar-refractivity contribution in [3.63, 3.8) is 0 Å². The van der Waals surface area contributed by atoms with Gasteiger partial charge in [0.1, 0.15) is 0 Å². The number of nitrogens with two attached hydrogens (primary N) is 1. The van der Waals surface area contributed by atoms with Crippen molar-refractivity contribution >= 4 is 5.91 Å². The number of nitrogens with one attached hydrogen (secondary N) is 1. The van der Waals surface area contributed by atoms with Gasteiger partial charge in [-0.05, 0) is 40.0 Å². The maximum absolute atomic E-state index is 12.2. The number of amides is 1. The van der Waals surface area contributed by atoms with Crippen molar-refractivity contribution in [2.75, 3.05) is 26.2 Å². The summed E-state index contributed by atoms with van der Waals surface area (Å²) in [6.07, 6.45) is 3.94. The molecule has 3 N–H and O–H groups in total. The van der Waals surface area contributed by atoms with Crippen LogP contribution in [0.4, 0.5) is 0 Å². The van der Waals surface area contributed by atoms with Gasteiger partial charge >= 0.3 is 0 Å². The smallest absolute Gasteiger partial charge is 0.240 e. The molecule has 1 atom stereocenters. The Bertz CT molecular complexity index is 311. The second-order valence-electron chi connectivity index (χ2n) is 6.68. The van der Waals surface area contributed by atoms with Gasteiger partial charge in [0.15, 0.2) is 0 Å². The number of hydrogen-bond donors (Lipinski definition) is 2. The lowest BCUT2D eigenvalue weighted by molar-refractivity contribution is -0.127. The van der Waals surface area contributed by atoms with Crippen LogP contribution in [0.5, 0.6) is 0 Å². The first kappa shape index (κ1) is 18.4. The molecule has 0 spiro atoms. The first-order valence-electron chi connectivity index (χ1n) is 8.29. The van der Waals surface area contributed by atoms with Crippen LogP contribution in [0.25, 0.3) is 0 Å².